The average molecular weight is 394 g/mol. The van der Waals surface area contributed by atoms with Crippen molar-refractivity contribution in [2.24, 2.45) is 5.10 Å². The summed E-state index contributed by atoms with van der Waals surface area (Å²) < 4.78 is 15.9. The zero-order chi connectivity index (χ0) is 20.6. The highest BCUT2D eigenvalue weighted by Crippen LogP contribution is 2.23. The third kappa shape index (κ3) is 4.92. The molecule has 29 heavy (non-hydrogen) atoms. The number of hydrogen-bond donors (Lipinski definition) is 2. The Morgan fingerprint density at radius 3 is 2.55 bits per heavy atom. The lowest BCUT2D eigenvalue weighted by Gasteiger charge is -2.06. The monoisotopic (exact) mass is 394 g/mol. The molecule has 3 aromatic rings. The van der Waals surface area contributed by atoms with Crippen LogP contribution in [0, 0.1) is 0 Å². The second kappa shape index (κ2) is 9.41. The van der Waals surface area contributed by atoms with Crippen LogP contribution in [-0.2, 0) is 0 Å². The van der Waals surface area contributed by atoms with Gasteiger partial charge >= 0.3 is 0 Å². The molecule has 8 nitrogen and oxygen atoms in total. The first kappa shape index (κ1) is 19.9. The number of carbonyl (C=O) groups is 1. The van der Waals surface area contributed by atoms with Crippen molar-refractivity contribution >= 4 is 12.1 Å². The number of benzene rings is 2. The molecule has 0 saturated heterocycles. The van der Waals surface area contributed by atoms with E-state index in [1.165, 1.54) is 6.21 Å². The van der Waals surface area contributed by atoms with Crippen molar-refractivity contribution in [3.05, 3.63) is 59.8 Å². The van der Waals surface area contributed by atoms with Crippen molar-refractivity contribution in [3.8, 4) is 28.5 Å². The Labute approximate surface area is 168 Å². The van der Waals surface area contributed by atoms with Crippen LogP contribution < -0.4 is 19.6 Å². The van der Waals surface area contributed by atoms with Gasteiger partial charge in [0.1, 0.15) is 22.9 Å². The molecule has 0 aliphatic heterocycles. The van der Waals surface area contributed by atoms with Gasteiger partial charge in [-0.05, 0) is 49.4 Å². The minimum absolute atomic E-state index is 0.299. The second-order valence-electron chi connectivity index (χ2n) is 5.93. The topological polar surface area (TPSA) is 97.8 Å². The van der Waals surface area contributed by atoms with Crippen LogP contribution in [0.3, 0.4) is 0 Å². The molecule has 150 valence electrons. The number of hydrogen-bond acceptors (Lipinski definition) is 6. The zero-order valence-corrected chi connectivity index (χ0v) is 16.4. The number of ether oxygens (including phenoxy) is 3. The average Bonchev–Trinajstić information content (AvgIpc) is 3.25. The normalized spacial score (nSPS) is 10.7. The smallest absolute Gasteiger partial charge is 0.289 e. The van der Waals surface area contributed by atoms with Gasteiger partial charge in [-0.2, -0.15) is 10.2 Å². The quantitative estimate of drug-likeness (QED) is 0.451. The summed E-state index contributed by atoms with van der Waals surface area (Å²) in [6, 6.07) is 14.5. The van der Waals surface area contributed by atoms with E-state index < -0.39 is 5.91 Å². The van der Waals surface area contributed by atoms with Crippen molar-refractivity contribution in [2.75, 3.05) is 20.8 Å². The highest BCUT2D eigenvalue weighted by atomic mass is 16.5. The lowest BCUT2D eigenvalue weighted by Crippen LogP contribution is -2.18. The Balaban J connectivity index is 1.65. The minimum atomic E-state index is -0.404. The molecule has 0 aliphatic carbocycles. The Hall–Kier alpha value is -3.81. The summed E-state index contributed by atoms with van der Waals surface area (Å²) in [4.78, 5) is 12.3. The highest BCUT2D eigenvalue weighted by molar-refractivity contribution is 5.94. The Bertz CT molecular complexity index is 996. The van der Waals surface area contributed by atoms with Gasteiger partial charge in [-0.1, -0.05) is 0 Å². The van der Waals surface area contributed by atoms with E-state index in [1.807, 2.05) is 31.2 Å². The molecule has 2 aromatic carbocycles. The molecule has 3 rings (SSSR count). The third-order valence-electron chi connectivity index (χ3n) is 4.09. The van der Waals surface area contributed by atoms with Crippen LogP contribution in [0.2, 0.25) is 0 Å². The molecule has 0 spiro atoms. The van der Waals surface area contributed by atoms with E-state index in [4.69, 9.17) is 14.2 Å². The third-order valence-corrected chi connectivity index (χ3v) is 4.09. The van der Waals surface area contributed by atoms with Crippen molar-refractivity contribution in [1.29, 1.82) is 0 Å². The summed E-state index contributed by atoms with van der Waals surface area (Å²) in [7, 11) is 3.13. The van der Waals surface area contributed by atoms with Gasteiger partial charge in [0.25, 0.3) is 5.91 Å². The summed E-state index contributed by atoms with van der Waals surface area (Å²) in [5, 5.41) is 10.9. The van der Waals surface area contributed by atoms with Gasteiger partial charge in [0.15, 0.2) is 0 Å². The van der Waals surface area contributed by atoms with E-state index in [0.717, 1.165) is 11.3 Å². The summed E-state index contributed by atoms with van der Waals surface area (Å²) in [6.07, 6.45) is 1.50. The second-order valence-corrected chi connectivity index (χ2v) is 5.93. The molecule has 2 N–H and O–H groups in total. The van der Waals surface area contributed by atoms with Crippen LogP contribution >= 0.6 is 0 Å². The molecule has 0 bridgehead atoms. The van der Waals surface area contributed by atoms with Crippen LogP contribution in [0.5, 0.6) is 17.2 Å². The molecule has 0 fully saturated rings. The van der Waals surface area contributed by atoms with E-state index in [9.17, 15) is 4.79 Å². The van der Waals surface area contributed by atoms with Crippen molar-refractivity contribution < 1.29 is 19.0 Å². The number of carbonyl (C=O) groups excluding carboxylic acids is 1. The van der Waals surface area contributed by atoms with Crippen LogP contribution in [-0.4, -0.2) is 43.1 Å². The maximum Gasteiger partial charge on any atom is 0.289 e. The van der Waals surface area contributed by atoms with E-state index in [0.29, 0.717) is 35.1 Å². The number of nitrogens with one attached hydrogen (secondary N) is 2. The predicted octanol–water partition coefficient (Wildman–Crippen LogP) is 3.26. The standard InChI is InChI=1S/C21H22N4O4/c1-4-29-16-8-5-14(6-9-16)18-12-19(24-23-18)21(26)25-22-13-15-7-10-17(27-2)11-20(15)28-3/h5-13H,4H2,1-3H3,(H,23,24)(H,25,26)/b22-13+. The maximum atomic E-state index is 12.3. The molecule has 0 radical (unpaired) electrons. The fraction of sp³-hybridized carbons (Fsp3) is 0.190. The molecule has 0 saturated carbocycles. The fourth-order valence-electron chi connectivity index (χ4n) is 2.62. The molecular formula is C21H22N4O4. The Kier molecular flexibility index (Phi) is 6.47. The number of aromatic nitrogens is 2. The Morgan fingerprint density at radius 2 is 1.86 bits per heavy atom. The van der Waals surface area contributed by atoms with Crippen LogP contribution in [0.15, 0.2) is 53.6 Å². The van der Waals surface area contributed by atoms with Crippen LogP contribution in [0.25, 0.3) is 11.3 Å². The number of hydrazone groups is 1. The van der Waals surface area contributed by atoms with Crippen molar-refractivity contribution in [3.63, 3.8) is 0 Å². The number of aromatic amines is 1. The number of amides is 1. The van der Waals surface area contributed by atoms with Gasteiger partial charge in [-0.3, -0.25) is 9.89 Å². The van der Waals surface area contributed by atoms with Gasteiger partial charge in [0.05, 0.1) is 32.7 Å². The summed E-state index contributed by atoms with van der Waals surface area (Å²) in [6.45, 7) is 2.54. The molecule has 1 aromatic heterocycles. The zero-order valence-electron chi connectivity index (χ0n) is 16.4. The van der Waals surface area contributed by atoms with Crippen LogP contribution in [0.1, 0.15) is 23.0 Å². The minimum Gasteiger partial charge on any atom is -0.497 e. The van der Waals surface area contributed by atoms with Gasteiger partial charge in [-0.15, -0.1) is 0 Å². The molecular weight excluding hydrogens is 372 g/mol. The van der Waals surface area contributed by atoms with Crippen molar-refractivity contribution in [1.82, 2.24) is 15.6 Å². The first-order valence-electron chi connectivity index (χ1n) is 8.98. The van der Waals surface area contributed by atoms with Crippen LogP contribution in [0.4, 0.5) is 0 Å². The summed E-state index contributed by atoms with van der Waals surface area (Å²) in [5.74, 6) is 1.63. The number of methoxy groups -OCH3 is 2. The maximum absolute atomic E-state index is 12.3. The van der Waals surface area contributed by atoms with Gasteiger partial charge in [0, 0.05) is 17.2 Å². The molecule has 0 atom stereocenters. The summed E-state index contributed by atoms with van der Waals surface area (Å²) in [5.41, 5.74) is 4.99. The molecule has 0 aliphatic rings. The largest absolute Gasteiger partial charge is 0.497 e. The van der Waals surface area contributed by atoms with Gasteiger partial charge in [-0.25, -0.2) is 5.43 Å². The van der Waals surface area contributed by atoms with Gasteiger partial charge in [0.2, 0.25) is 0 Å². The van der Waals surface area contributed by atoms with E-state index in [2.05, 4.69) is 20.7 Å². The lowest BCUT2D eigenvalue weighted by molar-refractivity contribution is 0.0950. The SMILES string of the molecule is CCOc1ccc(-c2cc(C(=O)N/N=C/c3ccc(OC)cc3OC)[nH]n2)cc1. The highest BCUT2D eigenvalue weighted by Gasteiger charge is 2.11. The summed E-state index contributed by atoms with van der Waals surface area (Å²) >= 11 is 0. The lowest BCUT2D eigenvalue weighted by atomic mass is 10.1. The first-order valence-corrected chi connectivity index (χ1v) is 8.98. The predicted molar refractivity (Wildman–Crippen MR) is 110 cm³/mol. The fourth-order valence-corrected chi connectivity index (χ4v) is 2.62. The van der Waals surface area contributed by atoms with Crippen molar-refractivity contribution in [2.45, 2.75) is 6.92 Å². The number of nitrogens with zero attached hydrogens (tertiary/aromatic N) is 2. The molecule has 1 amide bonds. The first-order chi connectivity index (χ1) is 14.1. The van der Waals surface area contributed by atoms with E-state index in [1.54, 1.807) is 38.5 Å². The van der Waals surface area contributed by atoms with Gasteiger partial charge < -0.3 is 14.2 Å². The molecule has 0 unspecified atom stereocenters. The van der Waals surface area contributed by atoms with E-state index >= 15 is 0 Å². The Morgan fingerprint density at radius 1 is 1.10 bits per heavy atom. The number of rotatable bonds is 8. The molecule has 1 heterocycles. The number of H-pyrrole nitrogens is 1. The molecule has 8 heteroatoms. The van der Waals surface area contributed by atoms with E-state index in [-0.39, 0.29) is 0 Å².